The Hall–Kier alpha value is -2.14. The summed E-state index contributed by atoms with van der Waals surface area (Å²) in [5.74, 6) is -0.104. The second-order valence-corrected chi connectivity index (χ2v) is 13.6. The largest absolute Gasteiger partial charge is 0.466 e. The van der Waals surface area contributed by atoms with E-state index in [4.69, 9.17) is 9.47 Å². The zero-order valence-corrected chi connectivity index (χ0v) is 32.4. The van der Waals surface area contributed by atoms with E-state index < -0.39 is 0 Å². The molecule has 0 atom stereocenters. The van der Waals surface area contributed by atoms with Crippen molar-refractivity contribution in [3.63, 3.8) is 0 Å². The molecule has 5 heteroatoms. The minimum Gasteiger partial charge on any atom is -0.466 e. The smallest absolute Gasteiger partial charge is 0.305 e. The molecule has 1 N–H and O–H groups in total. The van der Waals surface area contributed by atoms with Crippen molar-refractivity contribution in [1.82, 2.24) is 5.32 Å². The number of unbranched alkanes of at least 4 members (excludes halogenated alkanes) is 18. The highest BCUT2D eigenvalue weighted by Crippen LogP contribution is 2.10. The predicted molar refractivity (Wildman–Crippen MR) is 212 cm³/mol. The lowest BCUT2D eigenvalue weighted by Crippen LogP contribution is -2.18. The number of rotatable bonds is 38. The van der Waals surface area contributed by atoms with Gasteiger partial charge in [0.2, 0.25) is 0 Å². The van der Waals surface area contributed by atoms with Gasteiger partial charge in [0.1, 0.15) is 0 Å². The molecule has 0 saturated carbocycles. The van der Waals surface area contributed by atoms with E-state index >= 15 is 0 Å². The molecule has 0 aromatic heterocycles. The lowest BCUT2D eigenvalue weighted by Gasteiger charge is -2.07. The van der Waals surface area contributed by atoms with Gasteiger partial charge >= 0.3 is 11.9 Å². The molecular formula is C44H79NO4. The molecule has 0 saturated heterocycles. The number of carbonyl (C=O) groups is 2. The fourth-order valence-electron chi connectivity index (χ4n) is 5.51. The van der Waals surface area contributed by atoms with Crippen LogP contribution in [0.1, 0.15) is 194 Å². The van der Waals surface area contributed by atoms with Gasteiger partial charge in [0.15, 0.2) is 0 Å². The number of esters is 2. The second-order valence-electron chi connectivity index (χ2n) is 13.6. The summed E-state index contributed by atoms with van der Waals surface area (Å²) < 4.78 is 10.8. The van der Waals surface area contributed by atoms with Crippen molar-refractivity contribution in [1.29, 1.82) is 0 Å². The van der Waals surface area contributed by atoms with Gasteiger partial charge in [-0.15, -0.1) is 0 Å². The maximum Gasteiger partial charge on any atom is 0.305 e. The van der Waals surface area contributed by atoms with Gasteiger partial charge in [-0.3, -0.25) is 9.59 Å². The average molecular weight is 686 g/mol. The summed E-state index contributed by atoms with van der Waals surface area (Å²) in [6, 6.07) is 0. The number of allylic oxidation sites excluding steroid dienone is 8. The molecule has 0 aromatic rings. The first-order valence-corrected chi connectivity index (χ1v) is 20.8. The van der Waals surface area contributed by atoms with Gasteiger partial charge in [-0.2, -0.15) is 0 Å². The van der Waals surface area contributed by atoms with E-state index in [1.807, 2.05) is 0 Å². The van der Waals surface area contributed by atoms with Crippen molar-refractivity contribution in [3.05, 3.63) is 48.6 Å². The van der Waals surface area contributed by atoms with Crippen LogP contribution in [0.5, 0.6) is 0 Å². The topological polar surface area (TPSA) is 64.6 Å². The van der Waals surface area contributed by atoms with Crippen LogP contribution in [-0.4, -0.2) is 38.2 Å². The molecule has 0 bridgehead atoms. The molecule has 0 radical (unpaired) electrons. The first-order chi connectivity index (χ1) is 24.2. The summed E-state index contributed by atoms with van der Waals surface area (Å²) in [5, 5.41) is 3.43. The van der Waals surface area contributed by atoms with Crippen LogP contribution in [0, 0.1) is 0 Å². The Morgan fingerprint density at radius 2 is 0.755 bits per heavy atom. The molecule has 0 aliphatic heterocycles. The van der Waals surface area contributed by atoms with E-state index in [2.05, 4.69) is 67.8 Å². The highest BCUT2D eigenvalue weighted by atomic mass is 16.5. The molecule has 0 heterocycles. The third kappa shape index (κ3) is 41.9. The number of hydrogen-bond donors (Lipinski definition) is 1. The van der Waals surface area contributed by atoms with Crippen LogP contribution < -0.4 is 5.32 Å². The van der Waals surface area contributed by atoms with Gasteiger partial charge in [0.05, 0.1) is 13.2 Å². The maximum atomic E-state index is 12.0. The van der Waals surface area contributed by atoms with Crippen LogP contribution in [0.25, 0.3) is 0 Å². The third-order valence-corrected chi connectivity index (χ3v) is 8.68. The lowest BCUT2D eigenvalue weighted by atomic mass is 10.1. The fourth-order valence-corrected chi connectivity index (χ4v) is 5.51. The molecule has 0 unspecified atom stereocenters. The number of carbonyl (C=O) groups excluding carboxylic acids is 2. The van der Waals surface area contributed by atoms with Crippen molar-refractivity contribution in [2.24, 2.45) is 0 Å². The Morgan fingerprint density at radius 3 is 1.14 bits per heavy atom. The predicted octanol–water partition coefficient (Wildman–Crippen LogP) is 12.8. The van der Waals surface area contributed by atoms with Gasteiger partial charge in [-0.25, -0.2) is 0 Å². The summed E-state index contributed by atoms with van der Waals surface area (Å²) in [7, 11) is 0. The highest BCUT2D eigenvalue weighted by molar-refractivity contribution is 5.69. The summed E-state index contributed by atoms with van der Waals surface area (Å²) in [6.45, 7) is 7.38. The number of ether oxygens (including phenoxy) is 2. The summed E-state index contributed by atoms with van der Waals surface area (Å²) in [4.78, 5) is 23.9. The molecule has 0 aromatic carbocycles. The molecule has 5 nitrogen and oxygen atoms in total. The van der Waals surface area contributed by atoms with Crippen LogP contribution in [0.4, 0.5) is 0 Å². The normalized spacial score (nSPS) is 12.0. The number of nitrogens with one attached hydrogen (secondary N) is 1. The zero-order valence-electron chi connectivity index (χ0n) is 32.4. The molecule has 284 valence electrons. The van der Waals surface area contributed by atoms with E-state index in [1.54, 1.807) is 0 Å². The van der Waals surface area contributed by atoms with Crippen molar-refractivity contribution < 1.29 is 19.1 Å². The Balaban J connectivity index is 3.32. The standard InChI is InChI=1S/C44H79NO4/c1-3-5-7-9-11-13-15-17-19-21-23-25-27-29-31-37-43(46)48-41-35-33-39-45-40-34-36-42-49-44(47)38-32-30-28-26-24-22-20-18-16-14-12-10-8-6-4-2/h11-14,17-20,45H,3-10,15-16,21-42H2,1-2H3/b13-11-,14-12-,19-17-,20-18-. The maximum absolute atomic E-state index is 12.0. The first-order valence-electron chi connectivity index (χ1n) is 20.8. The van der Waals surface area contributed by atoms with E-state index in [9.17, 15) is 9.59 Å². The van der Waals surface area contributed by atoms with Crippen LogP contribution in [0.15, 0.2) is 48.6 Å². The van der Waals surface area contributed by atoms with Crippen molar-refractivity contribution in [3.8, 4) is 0 Å². The molecule has 0 spiro atoms. The summed E-state index contributed by atoms with van der Waals surface area (Å²) in [6.07, 6.45) is 49.4. The molecule has 0 aliphatic rings. The first kappa shape index (κ1) is 46.9. The SMILES string of the molecule is CCCCC/C=C\C/C=C\CCCCCCCC(=O)OCCCCNCCCCOC(=O)CCCCCCC/C=C\C/C=C\CCCCC. The summed E-state index contributed by atoms with van der Waals surface area (Å²) >= 11 is 0. The third-order valence-electron chi connectivity index (χ3n) is 8.68. The van der Waals surface area contributed by atoms with Gasteiger partial charge in [-0.05, 0) is 116 Å². The average Bonchev–Trinajstić information content (AvgIpc) is 3.10. The van der Waals surface area contributed by atoms with Gasteiger partial charge < -0.3 is 14.8 Å². The molecule has 0 rings (SSSR count). The van der Waals surface area contributed by atoms with Gasteiger partial charge in [0, 0.05) is 12.8 Å². The van der Waals surface area contributed by atoms with E-state index in [-0.39, 0.29) is 11.9 Å². The lowest BCUT2D eigenvalue weighted by molar-refractivity contribution is -0.144. The summed E-state index contributed by atoms with van der Waals surface area (Å²) in [5.41, 5.74) is 0. The van der Waals surface area contributed by atoms with Crippen LogP contribution in [-0.2, 0) is 19.1 Å². The zero-order chi connectivity index (χ0) is 35.6. The number of hydrogen-bond acceptors (Lipinski definition) is 5. The Morgan fingerprint density at radius 1 is 0.408 bits per heavy atom. The van der Waals surface area contributed by atoms with Crippen LogP contribution in [0.3, 0.4) is 0 Å². The Labute approximate surface area is 304 Å². The molecule has 0 amide bonds. The van der Waals surface area contributed by atoms with Gasteiger partial charge in [-0.1, -0.05) is 127 Å². The monoisotopic (exact) mass is 686 g/mol. The van der Waals surface area contributed by atoms with Crippen molar-refractivity contribution >= 4 is 11.9 Å². The molecule has 49 heavy (non-hydrogen) atoms. The molecular weight excluding hydrogens is 606 g/mol. The van der Waals surface area contributed by atoms with Crippen molar-refractivity contribution in [2.45, 2.75) is 194 Å². The fraction of sp³-hybridized carbons (Fsp3) is 0.773. The minimum atomic E-state index is -0.0522. The van der Waals surface area contributed by atoms with Crippen LogP contribution in [0.2, 0.25) is 0 Å². The minimum absolute atomic E-state index is 0.0522. The highest BCUT2D eigenvalue weighted by Gasteiger charge is 2.04. The second kappa shape index (κ2) is 42.0. The Bertz CT molecular complexity index is 750. The molecule has 0 fully saturated rings. The quantitative estimate of drug-likeness (QED) is 0.0398. The van der Waals surface area contributed by atoms with E-state index in [0.29, 0.717) is 26.1 Å². The van der Waals surface area contributed by atoms with E-state index in [0.717, 1.165) is 90.1 Å². The Kier molecular flexibility index (Phi) is 40.2. The van der Waals surface area contributed by atoms with Crippen molar-refractivity contribution in [2.75, 3.05) is 26.3 Å². The molecule has 0 aliphatic carbocycles. The van der Waals surface area contributed by atoms with E-state index in [1.165, 1.54) is 89.9 Å². The van der Waals surface area contributed by atoms with Gasteiger partial charge in [0.25, 0.3) is 0 Å². The van der Waals surface area contributed by atoms with Crippen LogP contribution >= 0.6 is 0 Å².